The number of esters is 1. The van der Waals surface area contributed by atoms with Gasteiger partial charge in [0, 0.05) is 25.3 Å². The zero-order valence-electron chi connectivity index (χ0n) is 12.9. The molecule has 0 fully saturated rings. The molecule has 8 heteroatoms. The lowest BCUT2D eigenvalue weighted by molar-refractivity contribution is -0.142. The van der Waals surface area contributed by atoms with Gasteiger partial charge in [-0.05, 0) is 19.1 Å². The van der Waals surface area contributed by atoms with E-state index in [0.717, 1.165) is 12.2 Å². The quantitative estimate of drug-likeness (QED) is 0.619. The van der Waals surface area contributed by atoms with Crippen molar-refractivity contribution in [3.8, 4) is 0 Å². The van der Waals surface area contributed by atoms with Crippen LogP contribution in [0.25, 0.3) is 0 Å². The van der Waals surface area contributed by atoms with E-state index >= 15 is 0 Å². The summed E-state index contributed by atoms with van der Waals surface area (Å²) < 4.78 is 4.46. The van der Waals surface area contributed by atoms with Crippen LogP contribution in [0, 0.1) is 0 Å². The largest absolute Gasteiger partial charge is 0.480 e. The second-order valence-corrected chi connectivity index (χ2v) is 5.49. The monoisotopic (exact) mass is 320 g/mol. The lowest BCUT2D eigenvalue weighted by Gasteiger charge is -2.28. The van der Waals surface area contributed by atoms with E-state index in [2.05, 4.69) is 10.1 Å². The van der Waals surface area contributed by atoms with Crippen LogP contribution in [-0.2, 0) is 14.3 Å². The fraction of sp³-hybridized carbons (Fsp3) is 0.769. The van der Waals surface area contributed by atoms with Gasteiger partial charge in [0.05, 0.1) is 7.11 Å². The van der Waals surface area contributed by atoms with Crippen LogP contribution in [0.4, 0.5) is 4.79 Å². The molecule has 0 aromatic carbocycles. The fourth-order valence-electron chi connectivity index (χ4n) is 1.73. The molecule has 122 valence electrons. The molecule has 0 aliphatic carbocycles. The van der Waals surface area contributed by atoms with Gasteiger partial charge in [0.1, 0.15) is 6.04 Å². The number of methoxy groups -OCH3 is 1. The van der Waals surface area contributed by atoms with Crippen LogP contribution in [0.1, 0.15) is 26.2 Å². The van der Waals surface area contributed by atoms with Crippen LogP contribution in [0.3, 0.4) is 0 Å². The average molecular weight is 320 g/mol. The minimum Gasteiger partial charge on any atom is -0.480 e. The van der Waals surface area contributed by atoms with Gasteiger partial charge in [-0.1, -0.05) is 6.92 Å². The highest BCUT2D eigenvalue weighted by Crippen LogP contribution is 2.09. The van der Waals surface area contributed by atoms with Gasteiger partial charge in [-0.2, -0.15) is 11.8 Å². The number of carboxylic acids is 1. The van der Waals surface area contributed by atoms with E-state index in [9.17, 15) is 14.4 Å². The first-order chi connectivity index (χ1) is 9.87. The predicted molar refractivity (Wildman–Crippen MR) is 81.4 cm³/mol. The summed E-state index contributed by atoms with van der Waals surface area (Å²) >= 11 is 1.62. The lowest BCUT2D eigenvalue weighted by atomic mass is 10.1. The van der Waals surface area contributed by atoms with Crippen molar-refractivity contribution in [1.29, 1.82) is 0 Å². The average Bonchev–Trinajstić information content (AvgIpc) is 2.47. The Kier molecular flexibility index (Phi) is 9.60. The van der Waals surface area contributed by atoms with Crippen LogP contribution in [0.2, 0.25) is 0 Å². The summed E-state index contributed by atoms with van der Waals surface area (Å²) in [5, 5.41) is 11.5. The van der Waals surface area contributed by atoms with Crippen LogP contribution in [0.15, 0.2) is 0 Å². The molecule has 2 amide bonds. The van der Waals surface area contributed by atoms with E-state index in [0.29, 0.717) is 0 Å². The number of nitrogens with zero attached hydrogens (tertiary/aromatic N) is 1. The first kappa shape index (κ1) is 19.6. The number of urea groups is 1. The van der Waals surface area contributed by atoms with Crippen molar-refractivity contribution in [2.75, 3.05) is 26.2 Å². The number of amides is 2. The first-order valence-electron chi connectivity index (χ1n) is 6.69. The highest BCUT2D eigenvalue weighted by atomic mass is 32.2. The standard InChI is InChI=1S/C13H24N2O5S/c1-5-9(8-21-4)15(2)13(19)14-10(12(17)18)6-7-11(16)20-3/h9-10H,5-8H2,1-4H3,(H,14,19)(H,17,18)/t9?,10-/m0/s1. The molecule has 2 atom stereocenters. The van der Waals surface area contributed by atoms with Gasteiger partial charge < -0.3 is 20.1 Å². The van der Waals surface area contributed by atoms with E-state index in [1.165, 1.54) is 12.0 Å². The summed E-state index contributed by atoms with van der Waals surface area (Å²) in [6.07, 6.45) is 2.68. The van der Waals surface area contributed by atoms with Crippen molar-refractivity contribution in [2.24, 2.45) is 0 Å². The molecule has 0 saturated carbocycles. The maximum absolute atomic E-state index is 12.1. The number of carbonyl (C=O) groups excluding carboxylic acids is 2. The van der Waals surface area contributed by atoms with E-state index in [1.54, 1.807) is 18.8 Å². The van der Waals surface area contributed by atoms with Gasteiger partial charge in [0.25, 0.3) is 0 Å². The number of aliphatic carboxylic acids is 1. The normalized spacial score (nSPS) is 13.1. The molecule has 21 heavy (non-hydrogen) atoms. The van der Waals surface area contributed by atoms with E-state index in [4.69, 9.17) is 5.11 Å². The number of rotatable bonds is 9. The summed E-state index contributed by atoms with van der Waals surface area (Å²) in [4.78, 5) is 35.8. The van der Waals surface area contributed by atoms with Gasteiger partial charge in [0.2, 0.25) is 0 Å². The number of hydrogen-bond donors (Lipinski definition) is 2. The molecule has 0 radical (unpaired) electrons. The van der Waals surface area contributed by atoms with Crippen molar-refractivity contribution in [1.82, 2.24) is 10.2 Å². The summed E-state index contributed by atoms with van der Waals surface area (Å²) in [6.45, 7) is 1.97. The molecule has 2 N–H and O–H groups in total. The molecule has 7 nitrogen and oxygen atoms in total. The number of carboxylic acid groups (broad SMARTS) is 1. The van der Waals surface area contributed by atoms with Crippen LogP contribution < -0.4 is 5.32 Å². The van der Waals surface area contributed by atoms with E-state index in [1.807, 2.05) is 13.2 Å². The Morgan fingerprint density at radius 2 is 2.00 bits per heavy atom. The molecule has 0 bridgehead atoms. The lowest BCUT2D eigenvalue weighted by Crippen LogP contribution is -2.50. The van der Waals surface area contributed by atoms with Crippen molar-refractivity contribution < 1.29 is 24.2 Å². The maximum atomic E-state index is 12.1. The molecule has 0 aromatic rings. The number of ether oxygens (including phenoxy) is 1. The molecule has 0 heterocycles. The molecule has 0 aliphatic rings. The third-order valence-electron chi connectivity index (χ3n) is 3.16. The predicted octanol–water partition coefficient (Wildman–Crippen LogP) is 1.18. The highest BCUT2D eigenvalue weighted by molar-refractivity contribution is 7.98. The van der Waals surface area contributed by atoms with Gasteiger partial charge in [-0.25, -0.2) is 9.59 Å². The zero-order valence-corrected chi connectivity index (χ0v) is 13.7. The maximum Gasteiger partial charge on any atom is 0.326 e. The van der Waals surface area contributed by atoms with Crippen LogP contribution >= 0.6 is 11.8 Å². The zero-order chi connectivity index (χ0) is 16.4. The van der Waals surface area contributed by atoms with E-state index in [-0.39, 0.29) is 18.9 Å². The molecule has 0 saturated heterocycles. The highest BCUT2D eigenvalue weighted by Gasteiger charge is 2.25. The minimum absolute atomic E-state index is 0.000899. The van der Waals surface area contributed by atoms with Crippen molar-refractivity contribution in [2.45, 2.75) is 38.3 Å². The van der Waals surface area contributed by atoms with Gasteiger partial charge in [-0.15, -0.1) is 0 Å². The summed E-state index contributed by atoms with van der Waals surface area (Å²) in [7, 11) is 2.87. The van der Waals surface area contributed by atoms with Gasteiger partial charge >= 0.3 is 18.0 Å². The second kappa shape index (κ2) is 10.3. The third-order valence-corrected chi connectivity index (χ3v) is 3.88. The van der Waals surface area contributed by atoms with Crippen molar-refractivity contribution >= 4 is 29.7 Å². The Labute approximate surface area is 129 Å². The number of thioether (sulfide) groups is 1. The van der Waals surface area contributed by atoms with Gasteiger partial charge in [-0.3, -0.25) is 4.79 Å². The molecule has 0 aromatic heterocycles. The molecular formula is C13H24N2O5S. The SMILES string of the molecule is CCC(CSC)N(C)C(=O)N[C@@H](CCC(=O)OC)C(=O)O. The molecule has 0 rings (SSSR count). The number of hydrogen-bond acceptors (Lipinski definition) is 5. The van der Waals surface area contributed by atoms with Crippen LogP contribution in [-0.4, -0.2) is 66.2 Å². The summed E-state index contributed by atoms with van der Waals surface area (Å²) in [6, 6.07) is -1.52. The number of nitrogens with one attached hydrogen (secondary N) is 1. The Hall–Kier alpha value is -1.44. The molecular weight excluding hydrogens is 296 g/mol. The molecule has 0 aliphatic heterocycles. The molecule has 0 spiro atoms. The van der Waals surface area contributed by atoms with Crippen LogP contribution in [0.5, 0.6) is 0 Å². The summed E-state index contributed by atoms with van der Waals surface area (Å²) in [5.74, 6) is -0.892. The Morgan fingerprint density at radius 3 is 2.43 bits per heavy atom. The Balaban J connectivity index is 4.58. The van der Waals surface area contributed by atoms with Crippen molar-refractivity contribution in [3.63, 3.8) is 0 Å². The third kappa shape index (κ3) is 7.22. The smallest absolute Gasteiger partial charge is 0.326 e. The first-order valence-corrected chi connectivity index (χ1v) is 8.08. The number of carbonyl (C=O) groups is 3. The summed E-state index contributed by atoms with van der Waals surface area (Å²) in [5.41, 5.74) is 0. The van der Waals surface area contributed by atoms with Crippen molar-refractivity contribution in [3.05, 3.63) is 0 Å². The minimum atomic E-state index is -1.17. The molecule has 1 unspecified atom stereocenters. The Morgan fingerprint density at radius 1 is 1.38 bits per heavy atom. The Bertz CT molecular complexity index is 364. The van der Waals surface area contributed by atoms with Gasteiger partial charge in [0.15, 0.2) is 0 Å². The fourth-order valence-corrected chi connectivity index (χ4v) is 2.58. The van der Waals surface area contributed by atoms with E-state index < -0.39 is 24.0 Å². The second-order valence-electron chi connectivity index (χ2n) is 4.58. The topological polar surface area (TPSA) is 95.9 Å².